The smallest absolute Gasteiger partial charge is 0.293 e. The lowest BCUT2D eigenvalue weighted by molar-refractivity contribution is -0.384. The molecule has 2 aromatic rings. The Balaban J connectivity index is 0.00000450. The van der Waals surface area contributed by atoms with Gasteiger partial charge in [0.1, 0.15) is 23.0 Å². The summed E-state index contributed by atoms with van der Waals surface area (Å²) in [6, 6.07) is 8.43. The Kier molecular flexibility index (Phi) is 8.49. The van der Waals surface area contributed by atoms with E-state index >= 15 is 0 Å². The molecule has 0 spiro atoms. The molecule has 0 unspecified atom stereocenters. The molecule has 0 aromatic heterocycles. The Morgan fingerprint density at radius 2 is 1.20 bits per heavy atom. The molecule has 0 heterocycles. The first-order valence-corrected chi connectivity index (χ1v) is 8.44. The van der Waals surface area contributed by atoms with Gasteiger partial charge in [-0.1, -0.05) is 0 Å². The molecule has 8 N–H and O–H groups in total. The lowest BCUT2D eigenvalue weighted by Crippen LogP contribution is -2.14. The first kappa shape index (κ1) is 24.1. The summed E-state index contributed by atoms with van der Waals surface area (Å²) in [5.41, 5.74) is 11.4. The van der Waals surface area contributed by atoms with Gasteiger partial charge in [-0.15, -0.1) is 12.4 Å². The summed E-state index contributed by atoms with van der Waals surface area (Å²) < 4.78 is 0. The number of rotatable bonds is 10. The van der Waals surface area contributed by atoms with Crippen LogP contribution in [0.5, 0.6) is 0 Å². The highest BCUT2D eigenvalue weighted by Gasteiger charge is 2.16. The van der Waals surface area contributed by atoms with E-state index in [1.807, 2.05) is 0 Å². The molecule has 30 heavy (non-hydrogen) atoms. The van der Waals surface area contributed by atoms with E-state index < -0.39 is 9.85 Å². The minimum Gasteiger partial charge on any atom is -0.384 e. The maximum Gasteiger partial charge on any atom is 0.293 e. The molecule has 0 radical (unpaired) electrons. The zero-order valence-corrected chi connectivity index (χ0v) is 16.5. The summed E-state index contributed by atoms with van der Waals surface area (Å²) in [5, 5.41) is 43.0. The molecule has 0 aliphatic heterocycles. The van der Waals surface area contributed by atoms with E-state index in [4.69, 9.17) is 22.3 Å². The average molecular weight is 437 g/mol. The molecular weight excluding hydrogens is 416 g/mol. The molecule has 0 fully saturated rings. The molecule has 0 bridgehead atoms. The third-order valence-electron chi connectivity index (χ3n) is 4.00. The number of nitro benzene ring substituents is 2. The van der Waals surface area contributed by atoms with Gasteiger partial charge in [-0.25, -0.2) is 0 Å². The molecule has 0 aliphatic carbocycles. The maximum atomic E-state index is 11.2. The molecule has 2 rings (SSSR count). The highest BCUT2D eigenvalue weighted by molar-refractivity contribution is 5.97. The summed E-state index contributed by atoms with van der Waals surface area (Å²) in [5.74, 6) is -0.525. The summed E-state index contributed by atoms with van der Waals surface area (Å²) >= 11 is 0. The second kappa shape index (κ2) is 10.6. The summed E-state index contributed by atoms with van der Waals surface area (Å²) in [6.45, 7) is 0.735. The van der Waals surface area contributed by atoms with Gasteiger partial charge in [-0.2, -0.15) is 0 Å². The van der Waals surface area contributed by atoms with Crippen LogP contribution in [0.3, 0.4) is 0 Å². The Hall–Kier alpha value is -3.93. The van der Waals surface area contributed by atoms with Crippen molar-refractivity contribution >= 4 is 46.8 Å². The van der Waals surface area contributed by atoms with Crippen molar-refractivity contribution in [2.75, 3.05) is 23.7 Å². The molecule has 160 valence electrons. The van der Waals surface area contributed by atoms with Crippen LogP contribution >= 0.6 is 12.4 Å². The number of nitrogen functional groups attached to an aromatic ring is 2. The first-order valence-electron chi connectivity index (χ1n) is 8.44. The number of nitrogens with one attached hydrogen (secondary N) is 4. The van der Waals surface area contributed by atoms with Crippen LogP contribution in [-0.4, -0.2) is 34.6 Å². The van der Waals surface area contributed by atoms with E-state index in [0.29, 0.717) is 19.5 Å². The quantitative estimate of drug-likeness (QED) is 0.107. The van der Waals surface area contributed by atoms with Gasteiger partial charge in [-0.05, 0) is 30.7 Å². The molecule has 12 nitrogen and oxygen atoms in total. The second-order valence-electron chi connectivity index (χ2n) is 6.01. The predicted molar refractivity (Wildman–Crippen MR) is 117 cm³/mol. The van der Waals surface area contributed by atoms with E-state index in [1.165, 1.54) is 36.4 Å². The van der Waals surface area contributed by atoms with Gasteiger partial charge < -0.3 is 22.1 Å². The Morgan fingerprint density at radius 3 is 1.50 bits per heavy atom. The molecule has 0 aliphatic rings. The van der Waals surface area contributed by atoms with Crippen LogP contribution in [0.4, 0.5) is 22.7 Å². The molecular formula is C17H21ClN8O4. The van der Waals surface area contributed by atoms with Crippen molar-refractivity contribution in [3.8, 4) is 0 Å². The summed E-state index contributed by atoms with van der Waals surface area (Å²) in [7, 11) is 0. The van der Waals surface area contributed by atoms with Crippen LogP contribution in [0.2, 0.25) is 0 Å². The summed E-state index contributed by atoms with van der Waals surface area (Å²) in [4.78, 5) is 21.3. The fourth-order valence-corrected chi connectivity index (χ4v) is 2.53. The third kappa shape index (κ3) is 6.04. The summed E-state index contributed by atoms with van der Waals surface area (Å²) in [6.07, 6.45) is 0.511. The van der Waals surface area contributed by atoms with Gasteiger partial charge in [0.2, 0.25) is 0 Å². The van der Waals surface area contributed by atoms with Gasteiger partial charge >= 0.3 is 0 Å². The lowest BCUT2D eigenvalue weighted by Gasteiger charge is -2.10. The van der Waals surface area contributed by atoms with Crippen LogP contribution in [-0.2, 0) is 0 Å². The fourth-order valence-electron chi connectivity index (χ4n) is 2.53. The standard InChI is InChI=1S/C17H20N8O4.ClH/c18-16(19)10-2-4-12(14(8-10)24(26)27)22-6-1-7-23-13-5-3-11(17(20)21)9-15(13)25(28)29;/h2-5,8-9,22-23H,1,6-7H2,(H3,18,19)(H3,20,21);1H. The maximum absolute atomic E-state index is 11.2. The molecule has 2 aromatic carbocycles. The Bertz CT molecular complexity index is 905. The van der Waals surface area contributed by atoms with Crippen molar-refractivity contribution in [1.82, 2.24) is 0 Å². The van der Waals surface area contributed by atoms with Crippen LogP contribution < -0.4 is 22.1 Å². The van der Waals surface area contributed by atoms with E-state index in [9.17, 15) is 20.2 Å². The van der Waals surface area contributed by atoms with Gasteiger partial charge in [0.15, 0.2) is 0 Å². The van der Waals surface area contributed by atoms with Crippen molar-refractivity contribution < 1.29 is 9.85 Å². The van der Waals surface area contributed by atoms with Crippen LogP contribution in [0.15, 0.2) is 36.4 Å². The monoisotopic (exact) mass is 436 g/mol. The third-order valence-corrected chi connectivity index (χ3v) is 4.00. The number of nitrogens with zero attached hydrogens (tertiary/aromatic N) is 2. The van der Waals surface area contributed by atoms with Gasteiger partial charge in [0.05, 0.1) is 9.85 Å². The number of benzene rings is 2. The fraction of sp³-hybridized carbons (Fsp3) is 0.176. The van der Waals surface area contributed by atoms with Gasteiger partial charge in [0, 0.05) is 36.3 Å². The molecule has 0 saturated carbocycles. The van der Waals surface area contributed by atoms with Crippen molar-refractivity contribution in [2.24, 2.45) is 11.5 Å². The number of halogens is 1. The van der Waals surface area contributed by atoms with Crippen molar-refractivity contribution in [1.29, 1.82) is 10.8 Å². The Morgan fingerprint density at radius 1 is 0.833 bits per heavy atom. The number of nitrogens with two attached hydrogens (primary N) is 2. The first-order chi connectivity index (χ1) is 13.7. The average Bonchev–Trinajstić information content (AvgIpc) is 2.67. The highest BCUT2D eigenvalue weighted by atomic mass is 35.5. The zero-order chi connectivity index (χ0) is 21.6. The zero-order valence-electron chi connectivity index (χ0n) is 15.7. The van der Waals surface area contributed by atoms with Crippen LogP contribution in [0.1, 0.15) is 17.5 Å². The van der Waals surface area contributed by atoms with Crippen LogP contribution in [0, 0.1) is 31.0 Å². The Labute approximate surface area is 177 Å². The minimum atomic E-state index is -0.563. The number of nitro groups is 2. The topological polar surface area (TPSA) is 210 Å². The number of amidine groups is 2. The number of hydrogen-bond donors (Lipinski definition) is 6. The minimum absolute atomic E-state index is 0. The number of hydrogen-bond acceptors (Lipinski definition) is 8. The van der Waals surface area contributed by atoms with Crippen molar-refractivity contribution in [2.45, 2.75) is 6.42 Å². The largest absolute Gasteiger partial charge is 0.384 e. The van der Waals surface area contributed by atoms with Gasteiger partial charge in [0.25, 0.3) is 11.4 Å². The number of anilines is 2. The highest BCUT2D eigenvalue weighted by Crippen LogP contribution is 2.26. The predicted octanol–water partition coefficient (Wildman–Crippen LogP) is 2.41. The van der Waals surface area contributed by atoms with Crippen molar-refractivity contribution in [3.05, 3.63) is 67.8 Å². The molecule has 0 saturated heterocycles. The molecule has 13 heteroatoms. The lowest BCUT2D eigenvalue weighted by atomic mass is 10.1. The second-order valence-corrected chi connectivity index (χ2v) is 6.01. The van der Waals surface area contributed by atoms with E-state index in [2.05, 4.69) is 10.6 Å². The molecule has 0 atom stereocenters. The van der Waals surface area contributed by atoms with Crippen LogP contribution in [0.25, 0.3) is 0 Å². The van der Waals surface area contributed by atoms with Crippen molar-refractivity contribution in [3.63, 3.8) is 0 Å². The van der Waals surface area contributed by atoms with E-state index in [0.717, 1.165) is 0 Å². The molecule has 0 amide bonds. The normalized spacial score (nSPS) is 9.87. The van der Waals surface area contributed by atoms with E-state index in [1.54, 1.807) is 0 Å². The van der Waals surface area contributed by atoms with E-state index in [-0.39, 0.29) is 58.0 Å². The SMILES string of the molecule is Cl.N=C(N)c1ccc(NCCCNc2ccc(C(=N)N)cc2[N+](=O)[O-])c([N+](=O)[O-])c1. The van der Waals surface area contributed by atoms with Gasteiger partial charge in [-0.3, -0.25) is 31.0 Å².